The van der Waals surface area contributed by atoms with Gasteiger partial charge in [-0.2, -0.15) is 0 Å². The van der Waals surface area contributed by atoms with E-state index in [2.05, 4.69) is 55.0 Å². The SMILES string of the molecule is CN=C(NCc1ccccc1CN1CCOCC1)NCc1nnc(C)n1C.I. The predicted octanol–water partition coefficient (Wildman–Crippen LogP) is 1.44. The van der Waals surface area contributed by atoms with Gasteiger partial charge in [0.2, 0.25) is 0 Å². The third kappa shape index (κ3) is 6.14. The highest BCUT2D eigenvalue weighted by molar-refractivity contribution is 14.0. The zero-order valence-electron chi connectivity index (χ0n) is 16.8. The quantitative estimate of drug-likeness (QED) is 0.356. The zero-order valence-corrected chi connectivity index (χ0v) is 19.1. The summed E-state index contributed by atoms with van der Waals surface area (Å²) in [5.74, 6) is 2.52. The predicted molar refractivity (Wildman–Crippen MR) is 121 cm³/mol. The van der Waals surface area contributed by atoms with Crippen molar-refractivity contribution in [3.8, 4) is 0 Å². The van der Waals surface area contributed by atoms with Crippen LogP contribution in [0.3, 0.4) is 0 Å². The number of aryl methyl sites for hydroxylation is 1. The van der Waals surface area contributed by atoms with E-state index in [9.17, 15) is 0 Å². The molecule has 1 aromatic heterocycles. The summed E-state index contributed by atoms with van der Waals surface area (Å²) in [7, 11) is 3.74. The van der Waals surface area contributed by atoms with Gasteiger partial charge in [0.1, 0.15) is 5.82 Å². The molecule has 0 atom stereocenters. The molecule has 154 valence electrons. The lowest BCUT2D eigenvalue weighted by molar-refractivity contribution is 0.0341. The number of aromatic nitrogens is 3. The Morgan fingerprint density at radius 2 is 1.79 bits per heavy atom. The van der Waals surface area contributed by atoms with E-state index >= 15 is 0 Å². The van der Waals surface area contributed by atoms with Gasteiger partial charge >= 0.3 is 0 Å². The van der Waals surface area contributed by atoms with Crippen LogP contribution in [0.25, 0.3) is 0 Å². The van der Waals surface area contributed by atoms with Gasteiger partial charge in [-0.3, -0.25) is 9.89 Å². The van der Waals surface area contributed by atoms with Crippen molar-refractivity contribution >= 4 is 29.9 Å². The molecule has 1 aliphatic rings. The van der Waals surface area contributed by atoms with Gasteiger partial charge in [-0.1, -0.05) is 24.3 Å². The Labute approximate surface area is 183 Å². The van der Waals surface area contributed by atoms with Crippen molar-refractivity contribution < 1.29 is 4.74 Å². The summed E-state index contributed by atoms with van der Waals surface area (Å²) in [6.07, 6.45) is 0. The minimum absolute atomic E-state index is 0. The molecule has 0 amide bonds. The first-order chi connectivity index (χ1) is 13.2. The van der Waals surface area contributed by atoms with Gasteiger partial charge in [0.05, 0.1) is 19.8 Å². The number of guanidine groups is 1. The molecule has 0 bridgehead atoms. The van der Waals surface area contributed by atoms with Crippen molar-refractivity contribution in [2.75, 3.05) is 33.4 Å². The van der Waals surface area contributed by atoms with Crippen LogP contribution < -0.4 is 10.6 Å². The topological polar surface area (TPSA) is 79.6 Å². The Morgan fingerprint density at radius 1 is 1.11 bits per heavy atom. The fraction of sp³-hybridized carbons (Fsp3) is 0.526. The van der Waals surface area contributed by atoms with E-state index in [-0.39, 0.29) is 24.0 Å². The van der Waals surface area contributed by atoms with E-state index in [1.54, 1.807) is 7.05 Å². The molecule has 2 aromatic rings. The molecule has 1 aliphatic heterocycles. The Bertz CT molecular complexity index is 771. The highest BCUT2D eigenvalue weighted by Gasteiger charge is 2.13. The standard InChI is InChI=1S/C19H29N7O.HI/c1-15-23-24-18(25(15)3)13-22-19(20-2)21-12-16-6-4-5-7-17(16)14-26-8-10-27-11-9-26;/h4-7H,8-14H2,1-3H3,(H2,20,21,22);1H. The molecule has 9 heteroatoms. The molecular weight excluding hydrogens is 469 g/mol. The third-order valence-corrected chi connectivity index (χ3v) is 4.88. The largest absolute Gasteiger partial charge is 0.379 e. The smallest absolute Gasteiger partial charge is 0.191 e. The van der Waals surface area contributed by atoms with Crippen LogP contribution in [0.1, 0.15) is 22.8 Å². The summed E-state index contributed by atoms with van der Waals surface area (Å²) in [5.41, 5.74) is 2.62. The highest BCUT2D eigenvalue weighted by Crippen LogP contribution is 2.13. The summed E-state index contributed by atoms with van der Waals surface area (Å²) >= 11 is 0. The Morgan fingerprint density at radius 3 is 2.43 bits per heavy atom. The maximum absolute atomic E-state index is 5.45. The van der Waals surface area contributed by atoms with Crippen LogP contribution in [-0.4, -0.2) is 59.0 Å². The Kier molecular flexibility index (Phi) is 9.13. The van der Waals surface area contributed by atoms with Crippen LogP contribution in [0, 0.1) is 6.92 Å². The van der Waals surface area contributed by atoms with Gasteiger partial charge in [-0.25, -0.2) is 0 Å². The van der Waals surface area contributed by atoms with Crippen LogP contribution in [-0.2, 0) is 31.4 Å². The van der Waals surface area contributed by atoms with Crippen LogP contribution >= 0.6 is 24.0 Å². The normalized spacial score (nSPS) is 15.2. The number of nitrogens with one attached hydrogen (secondary N) is 2. The minimum Gasteiger partial charge on any atom is -0.379 e. The van der Waals surface area contributed by atoms with Gasteiger partial charge in [0.25, 0.3) is 0 Å². The summed E-state index contributed by atoms with van der Waals surface area (Å²) < 4.78 is 7.42. The third-order valence-electron chi connectivity index (χ3n) is 4.88. The Balaban J connectivity index is 0.00000280. The molecule has 1 aromatic carbocycles. The highest BCUT2D eigenvalue weighted by atomic mass is 127. The van der Waals surface area contributed by atoms with Crippen LogP contribution in [0.4, 0.5) is 0 Å². The number of morpholine rings is 1. The number of ether oxygens (including phenoxy) is 1. The first-order valence-electron chi connectivity index (χ1n) is 9.33. The number of benzene rings is 1. The van der Waals surface area contributed by atoms with E-state index in [4.69, 9.17) is 4.74 Å². The van der Waals surface area contributed by atoms with Gasteiger partial charge < -0.3 is 19.9 Å². The van der Waals surface area contributed by atoms with E-state index < -0.39 is 0 Å². The second-order valence-corrected chi connectivity index (χ2v) is 6.66. The molecular formula is C19H30IN7O. The number of hydrogen-bond acceptors (Lipinski definition) is 5. The van der Waals surface area contributed by atoms with E-state index in [1.807, 2.05) is 18.5 Å². The monoisotopic (exact) mass is 499 g/mol. The van der Waals surface area contributed by atoms with Crippen molar-refractivity contribution in [3.63, 3.8) is 0 Å². The number of halogens is 1. The maximum Gasteiger partial charge on any atom is 0.191 e. The molecule has 0 radical (unpaired) electrons. The lowest BCUT2D eigenvalue weighted by atomic mass is 10.1. The van der Waals surface area contributed by atoms with E-state index in [0.29, 0.717) is 6.54 Å². The molecule has 1 fully saturated rings. The zero-order chi connectivity index (χ0) is 19.1. The Hall–Kier alpha value is -1.72. The number of hydrogen-bond donors (Lipinski definition) is 2. The van der Waals surface area contributed by atoms with Crippen molar-refractivity contribution in [1.29, 1.82) is 0 Å². The average molecular weight is 499 g/mol. The summed E-state index contributed by atoms with van der Waals surface area (Å²) in [4.78, 5) is 6.75. The number of nitrogens with zero attached hydrogens (tertiary/aromatic N) is 5. The molecule has 0 unspecified atom stereocenters. The van der Waals surface area contributed by atoms with Gasteiger partial charge in [0.15, 0.2) is 11.8 Å². The lowest BCUT2D eigenvalue weighted by Crippen LogP contribution is -2.38. The van der Waals surface area contributed by atoms with Crippen molar-refractivity contribution in [1.82, 2.24) is 30.3 Å². The fourth-order valence-electron chi connectivity index (χ4n) is 3.05. The molecule has 2 heterocycles. The van der Waals surface area contributed by atoms with Crippen molar-refractivity contribution in [2.24, 2.45) is 12.0 Å². The molecule has 0 spiro atoms. The second-order valence-electron chi connectivity index (χ2n) is 6.66. The molecule has 8 nitrogen and oxygen atoms in total. The molecule has 28 heavy (non-hydrogen) atoms. The maximum atomic E-state index is 5.45. The van der Waals surface area contributed by atoms with Crippen LogP contribution in [0.15, 0.2) is 29.3 Å². The molecule has 1 saturated heterocycles. The fourth-order valence-corrected chi connectivity index (χ4v) is 3.05. The summed E-state index contributed by atoms with van der Waals surface area (Å²) in [5, 5.41) is 14.9. The first-order valence-corrected chi connectivity index (χ1v) is 9.33. The van der Waals surface area contributed by atoms with Crippen LogP contribution in [0.5, 0.6) is 0 Å². The van der Waals surface area contributed by atoms with Gasteiger partial charge in [-0.05, 0) is 18.1 Å². The summed E-state index contributed by atoms with van der Waals surface area (Å²) in [6.45, 7) is 7.80. The van der Waals surface area contributed by atoms with Crippen molar-refractivity contribution in [2.45, 2.75) is 26.6 Å². The molecule has 2 N–H and O–H groups in total. The second kappa shape index (κ2) is 11.3. The van der Waals surface area contributed by atoms with E-state index in [1.165, 1.54) is 11.1 Å². The molecule has 3 rings (SSSR count). The van der Waals surface area contributed by atoms with Crippen molar-refractivity contribution in [3.05, 3.63) is 47.0 Å². The number of rotatable bonds is 6. The first kappa shape index (κ1) is 22.6. The van der Waals surface area contributed by atoms with Crippen LogP contribution in [0.2, 0.25) is 0 Å². The number of aliphatic imine (C=N–C) groups is 1. The van der Waals surface area contributed by atoms with Gasteiger partial charge in [-0.15, -0.1) is 34.2 Å². The van der Waals surface area contributed by atoms with E-state index in [0.717, 1.165) is 57.0 Å². The minimum atomic E-state index is 0. The summed E-state index contributed by atoms with van der Waals surface area (Å²) in [6, 6.07) is 8.55. The van der Waals surface area contributed by atoms with Gasteiger partial charge in [0, 0.05) is 40.3 Å². The molecule has 0 saturated carbocycles. The lowest BCUT2D eigenvalue weighted by Gasteiger charge is -2.27. The molecule has 0 aliphatic carbocycles. The average Bonchev–Trinajstić information content (AvgIpc) is 3.02.